The Bertz CT molecular complexity index is 685. The number of carbonyl (C=O) groups excluding carboxylic acids is 1. The van der Waals surface area contributed by atoms with Gasteiger partial charge < -0.3 is 10.1 Å². The van der Waals surface area contributed by atoms with Crippen LogP contribution in [-0.4, -0.2) is 44.6 Å². The summed E-state index contributed by atoms with van der Waals surface area (Å²) >= 11 is 0. The SMILES string of the molecule is COC1(C(=O)NC2CC(c3ccccc3F)C2)CS(=O)(=O)C1. The van der Waals surface area contributed by atoms with Crippen LogP contribution in [0.3, 0.4) is 0 Å². The zero-order chi connectivity index (χ0) is 16.0. The molecule has 2 aliphatic rings. The van der Waals surface area contributed by atoms with Gasteiger partial charge >= 0.3 is 0 Å². The van der Waals surface area contributed by atoms with E-state index < -0.39 is 15.4 Å². The van der Waals surface area contributed by atoms with E-state index in [2.05, 4.69) is 5.32 Å². The van der Waals surface area contributed by atoms with Gasteiger partial charge in [0, 0.05) is 13.2 Å². The molecule has 1 aliphatic carbocycles. The Balaban J connectivity index is 1.56. The van der Waals surface area contributed by atoms with Crippen LogP contribution < -0.4 is 5.32 Å². The maximum Gasteiger partial charge on any atom is 0.254 e. The smallest absolute Gasteiger partial charge is 0.254 e. The highest BCUT2D eigenvalue weighted by atomic mass is 32.2. The zero-order valence-electron chi connectivity index (χ0n) is 12.2. The fourth-order valence-corrected chi connectivity index (χ4v) is 4.96. The molecular weight excluding hydrogens is 309 g/mol. The number of sulfone groups is 1. The van der Waals surface area contributed by atoms with Crippen LogP contribution in [0.1, 0.15) is 24.3 Å². The van der Waals surface area contributed by atoms with Crippen molar-refractivity contribution < 1.29 is 22.3 Å². The second-order valence-electron chi connectivity index (χ2n) is 6.09. The van der Waals surface area contributed by atoms with Crippen molar-refractivity contribution in [2.75, 3.05) is 18.6 Å². The number of nitrogens with one attached hydrogen (secondary N) is 1. The van der Waals surface area contributed by atoms with Crippen molar-refractivity contribution in [3.05, 3.63) is 35.6 Å². The number of amides is 1. The highest BCUT2D eigenvalue weighted by Gasteiger charge is 2.55. The van der Waals surface area contributed by atoms with Crippen LogP contribution in [0, 0.1) is 5.82 Å². The first-order valence-electron chi connectivity index (χ1n) is 7.16. The predicted molar refractivity (Wildman–Crippen MR) is 78.7 cm³/mol. The van der Waals surface area contributed by atoms with Gasteiger partial charge in [-0.05, 0) is 30.4 Å². The lowest BCUT2D eigenvalue weighted by molar-refractivity contribution is -0.141. The molecule has 1 aromatic rings. The van der Waals surface area contributed by atoms with Crippen LogP contribution >= 0.6 is 0 Å². The molecular formula is C15H18FNO4S. The van der Waals surface area contributed by atoms with Gasteiger partial charge in [0.25, 0.3) is 5.91 Å². The third-order valence-corrected chi connectivity index (χ3v) is 6.34. The van der Waals surface area contributed by atoms with E-state index in [-0.39, 0.29) is 35.2 Å². The van der Waals surface area contributed by atoms with E-state index in [1.165, 1.54) is 13.2 Å². The van der Waals surface area contributed by atoms with Gasteiger partial charge in [0.1, 0.15) is 5.82 Å². The van der Waals surface area contributed by atoms with Crippen LogP contribution in [0.25, 0.3) is 0 Å². The van der Waals surface area contributed by atoms with Gasteiger partial charge in [0.05, 0.1) is 11.5 Å². The molecule has 0 spiro atoms. The molecule has 1 saturated heterocycles. The van der Waals surface area contributed by atoms with Crippen molar-refractivity contribution in [3.63, 3.8) is 0 Å². The summed E-state index contributed by atoms with van der Waals surface area (Å²) in [5.74, 6) is -1.06. The minimum atomic E-state index is -3.17. The number of hydrogen-bond acceptors (Lipinski definition) is 4. The van der Waals surface area contributed by atoms with Crippen LogP contribution in [0.4, 0.5) is 4.39 Å². The molecule has 0 radical (unpaired) electrons. The van der Waals surface area contributed by atoms with Crippen molar-refractivity contribution in [1.29, 1.82) is 0 Å². The molecule has 1 heterocycles. The number of hydrogen-bond donors (Lipinski definition) is 1. The summed E-state index contributed by atoms with van der Waals surface area (Å²) in [5, 5.41) is 2.82. The summed E-state index contributed by atoms with van der Waals surface area (Å²) in [5.41, 5.74) is -0.581. The van der Waals surface area contributed by atoms with Crippen molar-refractivity contribution in [1.82, 2.24) is 5.32 Å². The van der Waals surface area contributed by atoms with Gasteiger partial charge in [-0.15, -0.1) is 0 Å². The topological polar surface area (TPSA) is 72.5 Å². The summed E-state index contributed by atoms with van der Waals surface area (Å²) in [4.78, 5) is 12.2. The van der Waals surface area contributed by atoms with Crippen LogP contribution in [0.5, 0.6) is 0 Å². The van der Waals surface area contributed by atoms with Crippen LogP contribution in [0.2, 0.25) is 0 Å². The predicted octanol–water partition coefficient (Wildman–Crippen LogP) is 1.00. The number of ether oxygens (including phenoxy) is 1. The Kier molecular flexibility index (Phi) is 3.72. The average Bonchev–Trinajstić information content (AvgIpc) is 2.40. The van der Waals surface area contributed by atoms with E-state index in [9.17, 15) is 17.6 Å². The van der Waals surface area contributed by atoms with Gasteiger partial charge in [-0.3, -0.25) is 4.79 Å². The molecule has 0 unspecified atom stereocenters. The van der Waals surface area contributed by atoms with E-state index in [4.69, 9.17) is 4.74 Å². The van der Waals surface area contributed by atoms with Gasteiger partial charge in [-0.25, -0.2) is 12.8 Å². The molecule has 2 fully saturated rings. The third kappa shape index (κ3) is 2.63. The highest BCUT2D eigenvalue weighted by Crippen LogP contribution is 2.38. The molecule has 1 aromatic carbocycles. The number of benzene rings is 1. The summed E-state index contributed by atoms with van der Waals surface area (Å²) in [6.07, 6.45) is 1.30. The molecule has 120 valence electrons. The molecule has 5 nitrogen and oxygen atoms in total. The average molecular weight is 327 g/mol. The number of methoxy groups -OCH3 is 1. The molecule has 7 heteroatoms. The van der Waals surface area contributed by atoms with Crippen molar-refractivity contribution in [2.45, 2.75) is 30.4 Å². The lowest BCUT2D eigenvalue weighted by atomic mass is 9.75. The summed E-state index contributed by atoms with van der Waals surface area (Å²) in [6.45, 7) is 0. The second-order valence-corrected chi connectivity index (χ2v) is 8.16. The Labute approximate surface area is 128 Å². The van der Waals surface area contributed by atoms with Crippen LogP contribution in [0.15, 0.2) is 24.3 Å². The van der Waals surface area contributed by atoms with E-state index >= 15 is 0 Å². The molecule has 3 rings (SSSR count). The zero-order valence-corrected chi connectivity index (χ0v) is 13.0. The van der Waals surface area contributed by atoms with Crippen LogP contribution in [-0.2, 0) is 19.4 Å². The molecule has 0 bridgehead atoms. The molecule has 1 aliphatic heterocycles. The summed E-state index contributed by atoms with van der Waals surface area (Å²) in [6, 6.07) is 6.57. The molecule has 0 atom stereocenters. The first-order valence-corrected chi connectivity index (χ1v) is 8.98. The minimum Gasteiger partial charge on any atom is -0.366 e. The van der Waals surface area contributed by atoms with E-state index in [1.807, 2.05) is 0 Å². The Morgan fingerprint density at radius 2 is 1.95 bits per heavy atom. The molecule has 22 heavy (non-hydrogen) atoms. The Hall–Kier alpha value is -1.47. The van der Waals surface area contributed by atoms with Gasteiger partial charge in [0.15, 0.2) is 15.4 Å². The van der Waals surface area contributed by atoms with Gasteiger partial charge in [-0.1, -0.05) is 18.2 Å². The minimum absolute atomic E-state index is 0.0626. The summed E-state index contributed by atoms with van der Waals surface area (Å²) in [7, 11) is -1.82. The van der Waals surface area contributed by atoms with Crippen molar-refractivity contribution >= 4 is 15.7 Å². The molecule has 1 saturated carbocycles. The maximum absolute atomic E-state index is 13.7. The van der Waals surface area contributed by atoms with E-state index in [1.54, 1.807) is 18.2 Å². The van der Waals surface area contributed by atoms with E-state index in [0.717, 1.165) is 0 Å². The van der Waals surface area contributed by atoms with Gasteiger partial charge in [-0.2, -0.15) is 0 Å². The molecule has 1 N–H and O–H groups in total. The van der Waals surface area contributed by atoms with E-state index in [0.29, 0.717) is 18.4 Å². The second kappa shape index (κ2) is 5.31. The lowest BCUT2D eigenvalue weighted by Gasteiger charge is -2.42. The molecule has 1 amide bonds. The van der Waals surface area contributed by atoms with Crippen molar-refractivity contribution in [2.24, 2.45) is 0 Å². The highest BCUT2D eigenvalue weighted by molar-refractivity contribution is 7.93. The monoisotopic (exact) mass is 327 g/mol. The fraction of sp³-hybridized carbons (Fsp3) is 0.533. The molecule has 0 aromatic heterocycles. The fourth-order valence-electron chi connectivity index (χ4n) is 3.12. The Morgan fingerprint density at radius 3 is 2.50 bits per heavy atom. The first kappa shape index (κ1) is 15.4. The number of halogens is 1. The maximum atomic E-state index is 13.7. The van der Waals surface area contributed by atoms with Gasteiger partial charge in [0.2, 0.25) is 0 Å². The third-order valence-electron chi connectivity index (χ3n) is 4.53. The van der Waals surface area contributed by atoms with Crippen molar-refractivity contribution in [3.8, 4) is 0 Å². The lowest BCUT2D eigenvalue weighted by Crippen LogP contribution is -2.66. The quantitative estimate of drug-likeness (QED) is 0.895. The number of carbonyl (C=O) groups is 1. The number of rotatable bonds is 4. The largest absolute Gasteiger partial charge is 0.366 e. The standard InChI is InChI=1S/C15H18FNO4S/c1-21-15(8-22(19,20)9-15)14(18)17-11-6-10(7-11)12-4-2-3-5-13(12)16/h2-5,10-11H,6-9H2,1H3,(H,17,18). The normalized spacial score (nSPS) is 28.3. The Morgan fingerprint density at radius 1 is 1.32 bits per heavy atom. The first-order chi connectivity index (χ1) is 10.4. The summed E-state index contributed by atoms with van der Waals surface area (Å²) < 4.78 is 41.4.